The summed E-state index contributed by atoms with van der Waals surface area (Å²) in [6.45, 7) is 5.33. The molecule has 0 bridgehead atoms. The minimum absolute atomic E-state index is 0. The predicted molar refractivity (Wildman–Crippen MR) is 77.9 cm³/mol. The van der Waals surface area contributed by atoms with Gasteiger partial charge in [0.1, 0.15) is 0 Å². The number of hydrogen-bond acceptors (Lipinski definition) is 2. The summed E-state index contributed by atoms with van der Waals surface area (Å²) in [5.74, 6) is 0.569. The van der Waals surface area contributed by atoms with Gasteiger partial charge < -0.3 is 15.8 Å². The SMILES string of the molecule is Br.CC(C)OCCN=C(N)NC1CCCCC1. The van der Waals surface area contributed by atoms with Crippen LogP contribution in [0, 0.1) is 0 Å². The lowest BCUT2D eigenvalue weighted by atomic mass is 9.96. The van der Waals surface area contributed by atoms with E-state index < -0.39 is 0 Å². The van der Waals surface area contributed by atoms with Crippen LogP contribution in [0.2, 0.25) is 0 Å². The molecule has 3 N–H and O–H groups in total. The summed E-state index contributed by atoms with van der Waals surface area (Å²) < 4.78 is 5.39. The van der Waals surface area contributed by atoms with E-state index in [1.807, 2.05) is 13.8 Å². The highest BCUT2D eigenvalue weighted by Crippen LogP contribution is 2.16. The predicted octanol–water partition coefficient (Wildman–Crippen LogP) is 2.23. The Labute approximate surface area is 115 Å². The van der Waals surface area contributed by atoms with Gasteiger partial charge in [-0.25, -0.2) is 0 Å². The Kier molecular flexibility index (Phi) is 9.55. The van der Waals surface area contributed by atoms with E-state index >= 15 is 0 Å². The number of nitrogens with zero attached hydrogens (tertiary/aromatic N) is 1. The maximum Gasteiger partial charge on any atom is 0.188 e. The molecule has 0 aromatic rings. The van der Waals surface area contributed by atoms with Gasteiger partial charge in [0.2, 0.25) is 0 Å². The number of nitrogens with two attached hydrogens (primary N) is 1. The summed E-state index contributed by atoms with van der Waals surface area (Å²) in [6, 6.07) is 0.531. The average molecular weight is 308 g/mol. The molecule has 0 saturated heterocycles. The molecule has 4 nitrogen and oxygen atoms in total. The second-order valence-electron chi connectivity index (χ2n) is 4.67. The molecule has 0 aromatic carbocycles. The van der Waals surface area contributed by atoms with E-state index in [-0.39, 0.29) is 23.1 Å². The fourth-order valence-electron chi connectivity index (χ4n) is 1.96. The first kappa shape index (κ1) is 16.7. The van der Waals surface area contributed by atoms with Crippen LogP contribution in [0.5, 0.6) is 0 Å². The lowest BCUT2D eigenvalue weighted by molar-refractivity contribution is 0.0853. The van der Waals surface area contributed by atoms with Crippen molar-refractivity contribution < 1.29 is 4.74 Å². The van der Waals surface area contributed by atoms with Crippen molar-refractivity contribution >= 4 is 22.9 Å². The second kappa shape index (κ2) is 9.71. The van der Waals surface area contributed by atoms with Crippen LogP contribution in [0.1, 0.15) is 46.0 Å². The van der Waals surface area contributed by atoms with Crippen LogP contribution >= 0.6 is 17.0 Å². The highest BCUT2D eigenvalue weighted by molar-refractivity contribution is 8.93. The minimum atomic E-state index is 0. The highest BCUT2D eigenvalue weighted by Gasteiger charge is 2.12. The van der Waals surface area contributed by atoms with Gasteiger partial charge >= 0.3 is 0 Å². The van der Waals surface area contributed by atoms with Crippen LogP contribution in [0.15, 0.2) is 4.99 Å². The molecule has 0 heterocycles. The molecule has 1 rings (SSSR count). The van der Waals surface area contributed by atoms with E-state index in [0.717, 1.165) is 0 Å². The van der Waals surface area contributed by atoms with Gasteiger partial charge in [-0.05, 0) is 26.7 Å². The van der Waals surface area contributed by atoms with E-state index in [2.05, 4.69) is 10.3 Å². The van der Waals surface area contributed by atoms with Gasteiger partial charge in [-0.3, -0.25) is 4.99 Å². The van der Waals surface area contributed by atoms with Gasteiger partial charge in [0.15, 0.2) is 5.96 Å². The van der Waals surface area contributed by atoms with Gasteiger partial charge in [-0.1, -0.05) is 19.3 Å². The second-order valence-corrected chi connectivity index (χ2v) is 4.67. The van der Waals surface area contributed by atoms with E-state index in [1.165, 1.54) is 32.1 Å². The average Bonchev–Trinajstić information content (AvgIpc) is 2.25. The van der Waals surface area contributed by atoms with Crippen molar-refractivity contribution in [2.24, 2.45) is 10.7 Å². The Hall–Kier alpha value is -0.290. The van der Waals surface area contributed by atoms with Crippen LogP contribution in [-0.4, -0.2) is 31.3 Å². The largest absolute Gasteiger partial charge is 0.377 e. The van der Waals surface area contributed by atoms with Crippen LogP contribution in [0.25, 0.3) is 0 Å². The molecular weight excluding hydrogens is 282 g/mol. The molecule has 0 atom stereocenters. The third-order valence-corrected chi connectivity index (χ3v) is 2.78. The Morgan fingerprint density at radius 1 is 1.35 bits per heavy atom. The first-order chi connectivity index (χ1) is 7.68. The maximum atomic E-state index is 5.80. The molecule has 0 amide bonds. The van der Waals surface area contributed by atoms with Crippen molar-refractivity contribution in [3.05, 3.63) is 0 Å². The summed E-state index contributed by atoms with van der Waals surface area (Å²) in [7, 11) is 0. The van der Waals surface area contributed by atoms with Crippen LogP contribution in [0.4, 0.5) is 0 Å². The fourth-order valence-corrected chi connectivity index (χ4v) is 1.96. The number of aliphatic imine (C=N–C) groups is 1. The normalized spacial score (nSPS) is 17.9. The molecule has 0 aliphatic heterocycles. The van der Waals surface area contributed by atoms with Crippen molar-refractivity contribution in [2.75, 3.05) is 13.2 Å². The zero-order valence-electron chi connectivity index (χ0n) is 10.9. The molecule has 17 heavy (non-hydrogen) atoms. The Bertz CT molecular complexity index is 216. The Morgan fingerprint density at radius 2 is 2.00 bits per heavy atom. The number of nitrogens with one attached hydrogen (secondary N) is 1. The standard InChI is InChI=1S/C12H25N3O.BrH/c1-10(2)16-9-8-14-12(13)15-11-6-4-3-5-7-11;/h10-11H,3-9H2,1-2H3,(H3,13,14,15);1H. The molecular formula is C12H26BrN3O. The minimum Gasteiger partial charge on any atom is -0.377 e. The topological polar surface area (TPSA) is 59.6 Å². The molecule has 5 heteroatoms. The van der Waals surface area contributed by atoms with Crippen molar-refractivity contribution in [1.29, 1.82) is 0 Å². The number of halogens is 1. The smallest absolute Gasteiger partial charge is 0.188 e. The van der Waals surface area contributed by atoms with E-state index in [4.69, 9.17) is 10.5 Å². The van der Waals surface area contributed by atoms with Gasteiger partial charge in [0.25, 0.3) is 0 Å². The third-order valence-electron chi connectivity index (χ3n) is 2.78. The molecule has 1 fully saturated rings. The van der Waals surface area contributed by atoms with Crippen LogP contribution in [0.3, 0.4) is 0 Å². The van der Waals surface area contributed by atoms with Crippen molar-refractivity contribution in [3.8, 4) is 0 Å². The molecule has 1 saturated carbocycles. The maximum absolute atomic E-state index is 5.80. The summed E-state index contributed by atoms with van der Waals surface area (Å²) >= 11 is 0. The lowest BCUT2D eigenvalue weighted by Gasteiger charge is -2.23. The molecule has 0 spiro atoms. The highest BCUT2D eigenvalue weighted by atomic mass is 79.9. The molecule has 0 unspecified atom stereocenters. The first-order valence-electron chi connectivity index (χ1n) is 6.36. The van der Waals surface area contributed by atoms with Gasteiger partial charge in [-0.2, -0.15) is 0 Å². The van der Waals surface area contributed by atoms with Gasteiger partial charge in [0.05, 0.1) is 19.3 Å². The molecule has 0 aromatic heterocycles. The number of guanidine groups is 1. The van der Waals surface area contributed by atoms with Crippen molar-refractivity contribution in [1.82, 2.24) is 5.32 Å². The Balaban J connectivity index is 0.00000256. The Morgan fingerprint density at radius 3 is 2.59 bits per heavy atom. The first-order valence-corrected chi connectivity index (χ1v) is 6.36. The van der Waals surface area contributed by atoms with Crippen LogP contribution in [-0.2, 0) is 4.74 Å². The monoisotopic (exact) mass is 307 g/mol. The fraction of sp³-hybridized carbons (Fsp3) is 0.917. The number of ether oxygens (including phenoxy) is 1. The summed E-state index contributed by atoms with van der Waals surface area (Å²) in [6.07, 6.45) is 6.68. The van der Waals surface area contributed by atoms with Crippen LogP contribution < -0.4 is 11.1 Å². The van der Waals surface area contributed by atoms with E-state index in [9.17, 15) is 0 Å². The molecule has 102 valence electrons. The summed E-state index contributed by atoms with van der Waals surface area (Å²) in [5.41, 5.74) is 5.80. The molecule has 1 aliphatic carbocycles. The zero-order chi connectivity index (χ0) is 11.8. The number of rotatable bonds is 5. The summed E-state index contributed by atoms with van der Waals surface area (Å²) in [4.78, 5) is 4.25. The van der Waals surface area contributed by atoms with Gasteiger partial charge in [0, 0.05) is 6.04 Å². The molecule has 0 radical (unpaired) electrons. The van der Waals surface area contributed by atoms with Crippen molar-refractivity contribution in [3.63, 3.8) is 0 Å². The van der Waals surface area contributed by atoms with Crippen molar-refractivity contribution in [2.45, 2.75) is 58.1 Å². The third kappa shape index (κ3) is 8.44. The number of hydrogen-bond donors (Lipinski definition) is 2. The van der Waals surface area contributed by atoms with E-state index in [0.29, 0.717) is 25.2 Å². The zero-order valence-corrected chi connectivity index (χ0v) is 12.7. The lowest BCUT2D eigenvalue weighted by Crippen LogP contribution is -2.41. The molecule has 1 aliphatic rings. The van der Waals surface area contributed by atoms with Gasteiger partial charge in [-0.15, -0.1) is 17.0 Å². The summed E-state index contributed by atoms with van der Waals surface area (Å²) in [5, 5.41) is 3.28. The van der Waals surface area contributed by atoms with E-state index in [1.54, 1.807) is 0 Å². The quantitative estimate of drug-likeness (QED) is 0.465.